The summed E-state index contributed by atoms with van der Waals surface area (Å²) in [6.07, 6.45) is 1.60. The van der Waals surface area contributed by atoms with E-state index in [4.69, 9.17) is 16.7 Å². The van der Waals surface area contributed by atoms with Gasteiger partial charge in [-0.1, -0.05) is 11.6 Å². The SMILES string of the molecule is CN(CC(=O)O)Cc1cc(Cl)ccn1. The van der Waals surface area contributed by atoms with E-state index in [2.05, 4.69) is 4.98 Å². The molecule has 0 spiro atoms. The number of rotatable bonds is 4. The molecule has 1 aromatic rings. The summed E-state index contributed by atoms with van der Waals surface area (Å²) in [4.78, 5) is 16.1. The topological polar surface area (TPSA) is 53.4 Å². The van der Waals surface area contributed by atoms with Crippen LogP contribution in [0.5, 0.6) is 0 Å². The van der Waals surface area contributed by atoms with Gasteiger partial charge in [0.1, 0.15) is 0 Å². The first-order chi connectivity index (χ1) is 6.58. The van der Waals surface area contributed by atoms with Crippen LogP contribution >= 0.6 is 11.6 Å². The smallest absolute Gasteiger partial charge is 0.317 e. The first-order valence-corrected chi connectivity index (χ1v) is 4.46. The van der Waals surface area contributed by atoms with Gasteiger partial charge >= 0.3 is 5.97 Å². The van der Waals surface area contributed by atoms with Crippen LogP contribution in [0, 0.1) is 0 Å². The third-order valence-electron chi connectivity index (χ3n) is 1.62. The summed E-state index contributed by atoms with van der Waals surface area (Å²) in [5.41, 5.74) is 0.765. The number of pyridine rings is 1. The Morgan fingerprint density at radius 2 is 2.43 bits per heavy atom. The summed E-state index contributed by atoms with van der Waals surface area (Å²) >= 11 is 5.76. The highest BCUT2D eigenvalue weighted by atomic mass is 35.5. The second kappa shape index (κ2) is 4.93. The Labute approximate surface area is 87.1 Å². The minimum atomic E-state index is -0.852. The second-order valence-corrected chi connectivity index (χ2v) is 3.47. The minimum absolute atomic E-state index is 0.00576. The lowest BCUT2D eigenvalue weighted by Gasteiger charge is -2.12. The molecule has 0 aromatic carbocycles. The Kier molecular flexibility index (Phi) is 3.85. The Balaban J connectivity index is 2.55. The van der Waals surface area contributed by atoms with Crippen LogP contribution in [0.25, 0.3) is 0 Å². The average molecular weight is 215 g/mol. The molecule has 0 unspecified atom stereocenters. The van der Waals surface area contributed by atoms with E-state index < -0.39 is 5.97 Å². The van der Waals surface area contributed by atoms with Gasteiger partial charge in [0.2, 0.25) is 0 Å². The van der Waals surface area contributed by atoms with Crippen molar-refractivity contribution in [1.29, 1.82) is 0 Å². The predicted octanol–water partition coefficient (Wildman–Crippen LogP) is 1.25. The quantitative estimate of drug-likeness (QED) is 0.820. The van der Waals surface area contributed by atoms with Crippen molar-refractivity contribution in [3.8, 4) is 0 Å². The number of carboxylic acids is 1. The summed E-state index contributed by atoms with van der Waals surface area (Å²) in [5.74, 6) is -0.852. The molecule has 0 aliphatic carbocycles. The van der Waals surface area contributed by atoms with Gasteiger partial charge in [-0.05, 0) is 19.2 Å². The normalized spacial score (nSPS) is 10.5. The number of carbonyl (C=O) groups is 1. The molecular formula is C9H11ClN2O2. The van der Waals surface area contributed by atoms with Crippen LogP contribution < -0.4 is 0 Å². The highest BCUT2D eigenvalue weighted by Gasteiger charge is 2.05. The molecule has 1 N–H and O–H groups in total. The summed E-state index contributed by atoms with van der Waals surface area (Å²) in [6, 6.07) is 3.40. The van der Waals surface area contributed by atoms with Crippen molar-refractivity contribution in [3.05, 3.63) is 29.0 Å². The van der Waals surface area contributed by atoms with Gasteiger partial charge in [-0.3, -0.25) is 14.7 Å². The molecule has 0 amide bonds. The largest absolute Gasteiger partial charge is 0.480 e. The average Bonchev–Trinajstić information content (AvgIpc) is 2.01. The molecule has 4 nitrogen and oxygen atoms in total. The van der Waals surface area contributed by atoms with Crippen LogP contribution in [-0.4, -0.2) is 34.6 Å². The molecule has 0 fully saturated rings. The summed E-state index contributed by atoms with van der Waals surface area (Å²) in [5, 5.41) is 9.14. The third-order valence-corrected chi connectivity index (χ3v) is 1.85. The third kappa shape index (κ3) is 3.72. The summed E-state index contributed by atoms with van der Waals surface area (Å²) in [6.45, 7) is 0.473. The lowest BCUT2D eigenvalue weighted by Crippen LogP contribution is -2.25. The van der Waals surface area contributed by atoms with Crippen LogP contribution in [0.4, 0.5) is 0 Å². The molecule has 14 heavy (non-hydrogen) atoms. The summed E-state index contributed by atoms with van der Waals surface area (Å²) < 4.78 is 0. The van der Waals surface area contributed by atoms with Crippen LogP contribution in [0.2, 0.25) is 5.02 Å². The van der Waals surface area contributed by atoms with Crippen molar-refractivity contribution in [2.24, 2.45) is 0 Å². The van der Waals surface area contributed by atoms with E-state index >= 15 is 0 Å². The van der Waals surface area contributed by atoms with E-state index in [0.29, 0.717) is 11.6 Å². The van der Waals surface area contributed by atoms with E-state index in [-0.39, 0.29) is 6.54 Å². The highest BCUT2D eigenvalue weighted by Crippen LogP contribution is 2.09. The maximum Gasteiger partial charge on any atom is 0.317 e. The Bertz CT molecular complexity index is 330. The number of halogens is 1. The van der Waals surface area contributed by atoms with Crippen LogP contribution in [0.15, 0.2) is 18.3 Å². The summed E-state index contributed by atoms with van der Waals surface area (Å²) in [7, 11) is 1.72. The molecule has 1 aromatic heterocycles. The molecular weight excluding hydrogens is 204 g/mol. The fourth-order valence-corrected chi connectivity index (χ4v) is 1.28. The number of nitrogens with zero attached hydrogens (tertiary/aromatic N) is 2. The lowest BCUT2D eigenvalue weighted by molar-refractivity contribution is -0.138. The standard InChI is InChI=1S/C9H11ClN2O2/c1-12(6-9(13)14)5-8-4-7(10)2-3-11-8/h2-4H,5-6H2,1H3,(H,13,14). The van der Waals surface area contributed by atoms with Gasteiger partial charge in [0.05, 0.1) is 12.2 Å². The van der Waals surface area contributed by atoms with Crippen molar-refractivity contribution in [2.75, 3.05) is 13.6 Å². The van der Waals surface area contributed by atoms with Crippen LogP contribution in [-0.2, 0) is 11.3 Å². The number of aliphatic carboxylic acids is 1. The zero-order chi connectivity index (χ0) is 10.6. The molecule has 1 heterocycles. The lowest BCUT2D eigenvalue weighted by atomic mass is 10.3. The highest BCUT2D eigenvalue weighted by molar-refractivity contribution is 6.30. The van der Waals surface area contributed by atoms with Gasteiger partial charge < -0.3 is 5.11 Å². The van der Waals surface area contributed by atoms with Crippen molar-refractivity contribution >= 4 is 17.6 Å². The van der Waals surface area contributed by atoms with Crippen molar-refractivity contribution in [2.45, 2.75) is 6.54 Å². The maximum absolute atomic E-state index is 10.4. The van der Waals surface area contributed by atoms with E-state index in [1.54, 1.807) is 30.3 Å². The monoisotopic (exact) mass is 214 g/mol. The number of hydrogen-bond acceptors (Lipinski definition) is 3. The van der Waals surface area contributed by atoms with E-state index in [0.717, 1.165) is 5.69 Å². The number of aromatic nitrogens is 1. The predicted molar refractivity (Wildman–Crippen MR) is 53.2 cm³/mol. The molecule has 0 saturated heterocycles. The van der Waals surface area contributed by atoms with Crippen LogP contribution in [0.3, 0.4) is 0 Å². The van der Waals surface area contributed by atoms with Crippen molar-refractivity contribution in [3.63, 3.8) is 0 Å². The first kappa shape index (κ1) is 10.9. The zero-order valence-corrected chi connectivity index (χ0v) is 8.53. The van der Waals surface area contributed by atoms with Gasteiger partial charge in [0.15, 0.2) is 0 Å². The Morgan fingerprint density at radius 3 is 3.00 bits per heavy atom. The molecule has 1 rings (SSSR count). The molecule has 76 valence electrons. The Morgan fingerprint density at radius 1 is 1.71 bits per heavy atom. The Hall–Kier alpha value is -1.13. The number of hydrogen-bond donors (Lipinski definition) is 1. The van der Waals surface area contributed by atoms with E-state index in [1.165, 1.54) is 0 Å². The van der Waals surface area contributed by atoms with Gasteiger partial charge in [-0.25, -0.2) is 0 Å². The van der Waals surface area contributed by atoms with Gasteiger partial charge in [0, 0.05) is 17.8 Å². The van der Waals surface area contributed by atoms with Crippen LogP contribution in [0.1, 0.15) is 5.69 Å². The van der Waals surface area contributed by atoms with Gasteiger partial charge in [-0.2, -0.15) is 0 Å². The molecule has 0 aliphatic rings. The van der Waals surface area contributed by atoms with Crippen molar-refractivity contribution < 1.29 is 9.90 Å². The number of likely N-dealkylation sites (N-methyl/N-ethyl adjacent to an activating group) is 1. The van der Waals surface area contributed by atoms with Gasteiger partial charge in [0.25, 0.3) is 0 Å². The van der Waals surface area contributed by atoms with Gasteiger partial charge in [-0.15, -0.1) is 0 Å². The molecule has 0 atom stereocenters. The second-order valence-electron chi connectivity index (χ2n) is 3.03. The van der Waals surface area contributed by atoms with E-state index in [1.807, 2.05) is 0 Å². The maximum atomic E-state index is 10.4. The molecule has 0 bridgehead atoms. The first-order valence-electron chi connectivity index (χ1n) is 4.08. The molecule has 0 radical (unpaired) electrons. The minimum Gasteiger partial charge on any atom is -0.480 e. The fraction of sp³-hybridized carbons (Fsp3) is 0.333. The number of carboxylic acid groups (broad SMARTS) is 1. The molecule has 5 heteroatoms. The zero-order valence-electron chi connectivity index (χ0n) is 7.77. The van der Waals surface area contributed by atoms with E-state index in [9.17, 15) is 4.79 Å². The molecule has 0 saturated carbocycles. The fourth-order valence-electron chi connectivity index (χ4n) is 1.10. The molecule has 0 aliphatic heterocycles. The van der Waals surface area contributed by atoms with Crippen molar-refractivity contribution in [1.82, 2.24) is 9.88 Å².